The van der Waals surface area contributed by atoms with Crippen molar-refractivity contribution in [2.75, 3.05) is 12.9 Å². The molecule has 102 valence electrons. The van der Waals surface area contributed by atoms with Crippen molar-refractivity contribution in [3.8, 4) is 0 Å². The largest absolute Gasteiger partial charge is 0.358 e. The number of alkyl halides is 1. The Morgan fingerprint density at radius 2 is 2.21 bits per heavy atom. The van der Waals surface area contributed by atoms with Crippen LogP contribution >= 0.6 is 11.6 Å². The number of carbonyl (C=O) groups is 1. The van der Waals surface area contributed by atoms with Crippen LogP contribution in [0.15, 0.2) is 12.1 Å². The average molecular weight is 288 g/mol. The number of likely N-dealkylation sites (N-methyl/N-ethyl adjacent to an activating group) is 1. The Morgan fingerprint density at radius 3 is 2.84 bits per heavy atom. The van der Waals surface area contributed by atoms with E-state index in [9.17, 15) is 13.6 Å². The molecule has 0 saturated carbocycles. The zero-order valence-electron chi connectivity index (χ0n) is 10.2. The van der Waals surface area contributed by atoms with Gasteiger partial charge >= 0.3 is 0 Å². The number of rotatable bonds is 4. The van der Waals surface area contributed by atoms with Gasteiger partial charge in [0.25, 0.3) is 0 Å². The van der Waals surface area contributed by atoms with E-state index in [0.717, 1.165) is 12.1 Å². The molecule has 1 heterocycles. The molecule has 0 unspecified atom stereocenters. The topological polar surface area (TPSA) is 46.9 Å². The van der Waals surface area contributed by atoms with Crippen molar-refractivity contribution >= 4 is 28.5 Å². The number of nitrogens with zero attached hydrogens (tertiary/aromatic N) is 2. The van der Waals surface area contributed by atoms with Gasteiger partial charge in [0, 0.05) is 25.4 Å². The summed E-state index contributed by atoms with van der Waals surface area (Å²) in [5.74, 6) is -0.999. The van der Waals surface area contributed by atoms with Gasteiger partial charge in [0.1, 0.15) is 23.7 Å². The minimum absolute atomic E-state index is 0.0467. The lowest BCUT2D eigenvalue weighted by Crippen LogP contribution is -2.24. The number of aromatic nitrogens is 2. The molecule has 0 radical (unpaired) electrons. The number of amides is 1. The SMILES string of the molecule is CNC(=O)Cn1c(CCCl)nc2c(F)cc(F)cc21. The minimum Gasteiger partial charge on any atom is -0.358 e. The Balaban J connectivity index is 2.61. The van der Waals surface area contributed by atoms with Crippen molar-refractivity contribution in [2.24, 2.45) is 0 Å². The summed E-state index contributed by atoms with van der Waals surface area (Å²) in [5, 5.41) is 2.46. The van der Waals surface area contributed by atoms with Gasteiger partial charge < -0.3 is 9.88 Å². The predicted molar refractivity (Wildman–Crippen MR) is 68.1 cm³/mol. The third kappa shape index (κ3) is 2.68. The first-order valence-corrected chi connectivity index (χ1v) is 6.21. The summed E-state index contributed by atoms with van der Waals surface area (Å²) >= 11 is 5.66. The van der Waals surface area contributed by atoms with Gasteiger partial charge in [0.15, 0.2) is 5.82 Å². The van der Waals surface area contributed by atoms with E-state index in [4.69, 9.17) is 11.6 Å². The van der Waals surface area contributed by atoms with Crippen LogP contribution in [0.1, 0.15) is 5.82 Å². The van der Waals surface area contributed by atoms with Gasteiger partial charge in [-0.05, 0) is 6.07 Å². The molecular weight excluding hydrogens is 276 g/mol. The lowest BCUT2D eigenvalue weighted by atomic mass is 10.3. The van der Waals surface area contributed by atoms with E-state index in [-0.39, 0.29) is 29.4 Å². The molecule has 0 aliphatic carbocycles. The summed E-state index contributed by atoms with van der Waals surface area (Å²) in [5.41, 5.74) is 0.298. The second-order valence-corrected chi connectivity index (χ2v) is 4.36. The monoisotopic (exact) mass is 287 g/mol. The maximum absolute atomic E-state index is 13.7. The van der Waals surface area contributed by atoms with E-state index in [2.05, 4.69) is 10.3 Å². The summed E-state index contributed by atoms with van der Waals surface area (Å²) in [6, 6.07) is 1.93. The van der Waals surface area contributed by atoms with Crippen molar-refractivity contribution in [1.82, 2.24) is 14.9 Å². The first-order valence-electron chi connectivity index (χ1n) is 5.67. The van der Waals surface area contributed by atoms with E-state index >= 15 is 0 Å². The molecule has 1 aromatic heterocycles. The molecule has 0 spiro atoms. The smallest absolute Gasteiger partial charge is 0.239 e. The number of fused-ring (bicyclic) bond motifs is 1. The van der Waals surface area contributed by atoms with Crippen LogP contribution in [0.25, 0.3) is 11.0 Å². The number of carbonyl (C=O) groups excluding carboxylic acids is 1. The minimum atomic E-state index is -0.749. The van der Waals surface area contributed by atoms with Crippen LogP contribution in [0.3, 0.4) is 0 Å². The molecule has 4 nitrogen and oxygen atoms in total. The Hall–Kier alpha value is -1.69. The van der Waals surface area contributed by atoms with Gasteiger partial charge in [-0.3, -0.25) is 4.79 Å². The lowest BCUT2D eigenvalue weighted by molar-refractivity contribution is -0.121. The van der Waals surface area contributed by atoms with E-state index in [1.807, 2.05) is 0 Å². The molecule has 1 N–H and O–H groups in total. The highest BCUT2D eigenvalue weighted by atomic mass is 35.5. The Kier molecular flexibility index (Phi) is 3.99. The normalized spacial score (nSPS) is 10.9. The first-order chi connectivity index (χ1) is 9.06. The van der Waals surface area contributed by atoms with Gasteiger partial charge in [-0.25, -0.2) is 13.8 Å². The summed E-state index contributed by atoms with van der Waals surface area (Å²) in [7, 11) is 1.49. The van der Waals surface area contributed by atoms with E-state index in [0.29, 0.717) is 12.2 Å². The highest BCUT2D eigenvalue weighted by Gasteiger charge is 2.16. The van der Waals surface area contributed by atoms with Gasteiger partial charge in [-0.2, -0.15) is 0 Å². The van der Waals surface area contributed by atoms with Gasteiger partial charge in [-0.15, -0.1) is 11.6 Å². The highest BCUT2D eigenvalue weighted by Crippen LogP contribution is 2.21. The van der Waals surface area contributed by atoms with Crippen molar-refractivity contribution in [3.63, 3.8) is 0 Å². The van der Waals surface area contributed by atoms with E-state index in [1.54, 1.807) is 0 Å². The lowest BCUT2D eigenvalue weighted by Gasteiger charge is -2.07. The van der Waals surface area contributed by atoms with Crippen LogP contribution in [-0.2, 0) is 17.8 Å². The second kappa shape index (κ2) is 5.52. The second-order valence-electron chi connectivity index (χ2n) is 3.98. The molecule has 2 aromatic rings. The number of aryl methyl sites for hydroxylation is 1. The Labute approximate surface area is 113 Å². The fourth-order valence-electron chi connectivity index (χ4n) is 1.87. The predicted octanol–water partition coefficient (Wildman–Crippen LogP) is 1.84. The third-order valence-electron chi connectivity index (χ3n) is 2.75. The number of nitrogens with one attached hydrogen (secondary N) is 1. The molecule has 1 amide bonds. The van der Waals surface area contributed by atoms with Crippen LogP contribution in [0.2, 0.25) is 0 Å². The molecular formula is C12H12ClF2N3O. The van der Waals surface area contributed by atoms with Crippen LogP contribution in [0.4, 0.5) is 8.78 Å². The summed E-state index contributed by atoms with van der Waals surface area (Å²) in [6.45, 7) is -0.0535. The molecule has 1 aromatic carbocycles. The summed E-state index contributed by atoms with van der Waals surface area (Å²) in [4.78, 5) is 15.6. The fourth-order valence-corrected chi connectivity index (χ4v) is 2.04. The van der Waals surface area contributed by atoms with Crippen molar-refractivity contribution in [2.45, 2.75) is 13.0 Å². The zero-order valence-corrected chi connectivity index (χ0v) is 11.0. The van der Waals surface area contributed by atoms with Gasteiger partial charge in [-0.1, -0.05) is 0 Å². The molecule has 0 atom stereocenters. The maximum Gasteiger partial charge on any atom is 0.239 e. The van der Waals surface area contributed by atoms with E-state index < -0.39 is 11.6 Å². The maximum atomic E-state index is 13.7. The average Bonchev–Trinajstić information content (AvgIpc) is 2.69. The van der Waals surface area contributed by atoms with Crippen molar-refractivity contribution in [3.05, 3.63) is 29.6 Å². The summed E-state index contributed by atoms with van der Waals surface area (Å²) < 4.78 is 28.4. The Morgan fingerprint density at radius 1 is 1.47 bits per heavy atom. The van der Waals surface area contributed by atoms with E-state index in [1.165, 1.54) is 11.6 Å². The van der Waals surface area contributed by atoms with Crippen LogP contribution in [0.5, 0.6) is 0 Å². The summed E-state index contributed by atoms with van der Waals surface area (Å²) in [6.07, 6.45) is 0.369. The number of hydrogen-bond donors (Lipinski definition) is 1. The molecule has 0 bridgehead atoms. The number of hydrogen-bond acceptors (Lipinski definition) is 2. The molecule has 7 heteroatoms. The molecule has 0 saturated heterocycles. The number of imidazole rings is 1. The quantitative estimate of drug-likeness (QED) is 0.872. The first kappa shape index (κ1) is 13.7. The van der Waals surface area contributed by atoms with Crippen LogP contribution < -0.4 is 5.32 Å². The molecule has 0 fully saturated rings. The highest BCUT2D eigenvalue weighted by molar-refractivity contribution is 6.17. The number of benzene rings is 1. The van der Waals surface area contributed by atoms with Crippen LogP contribution in [-0.4, -0.2) is 28.4 Å². The molecule has 0 aliphatic heterocycles. The molecule has 19 heavy (non-hydrogen) atoms. The number of halogens is 3. The molecule has 2 rings (SSSR count). The fraction of sp³-hybridized carbons (Fsp3) is 0.333. The standard InChI is InChI=1S/C12H12ClF2N3O/c1-16-11(19)6-18-9-5-7(14)4-8(15)12(9)17-10(18)2-3-13/h4-5H,2-3,6H2,1H3,(H,16,19). The molecule has 0 aliphatic rings. The van der Waals surface area contributed by atoms with Crippen molar-refractivity contribution in [1.29, 1.82) is 0 Å². The zero-order chi connectivity index (χ0) is 14.0. The van der Waals surface area contributed by atoms with Crippen molar-refractivity contribution < 1.29 is 13.6 Å². The van der Waals surface area contributed by atoms with Crippen LogP contribution in [0, 0.1) is 11.6 Å². The third-order valence-corrected chi connectivity index (χ3v) is 2.94. The van der Waals surface area contributed by atoms with Gasteiger partial charge in [0.05, 0.1) is 5.52 Å². The Bertz CT molecular complexity index is 627. The van der Waals surface area contributed by atoms with Gasteiger partial charge in [0.2, 0.25) is 5.91 Å².